The third-order valence-corrected chi connectivity index (χ3v) is 11.8. The molecule has 12 rings (SSSR count). The Balaban J connectivity index is 0.931. The molecule has 3 aromatic heterocycles. The van der Waals surface area contributed by atoms with Crippen molar-refractivity contribution in [1.29, 1.82) is 0 Å². The Labute approximate surface area is 340 Å². The lowest BCUT2D eigenvalue weighted by Gasteiger charge is -2.12. The summed E-state index contributed by atoms with van der Waals surface area (Å²) in [5.74, 6) is 0. The molecule has 0 aliphatic carbocycles. The highest BCUT2D eigenvalue weighted by Crippen LogP contribution is 2.42. The molecule has 0 spiro atoms. The van der Waals surface area contributed by atoms with E-state index in [-0.39, 0.29) is 0 Å². The van der Waals surface area contributed by atoms with Crippen molar-refractivity contribution >= 4 is 65.0 Å². The van der Waals surface area contributed by atoms with Gasteiger partial charge < -0.3 is 0 Å². The maximum Gasteiger partial charge on any atom is 0.101 e. The number of nitrogens with zero attached hydrogens (tertiary/aromatic N) is 4. The molecule has 0 aliphatic rings. The second-order valence-electron chi connectivity index (χ2n) is 15.3. The van der Waals surface area contributed by atoms with Crippen LogP contribution in [0.1, 0.15) is 0 Å². The van der Waals surface area contributed by atoms with Gasteiger partial charge in [0.2, 0.25) is 0 Å². The number of hydrogen-bond acceptors (Lipinski definition) is 3. The number of fused-ring (bicyclic) bond motifs is 9. The van der Waals surface area contributed by atoms with Crippen molar-refractivity contribution in [3.63, 3.8) is 0 Å². The molecule has 0 saturated heterocycles. The van der Waals surface area contributed by atoms with Gasteiger partial charge in [0.05, 0.1) is 27.9 Å². The average molecular weight is 751 g/mol. The molecule has 274 valence electrons. The smallest absolute Gasteiger partial charge is 0.101 e. The Bertz CT molecular complexity index is 3590. The topological polar surface area (TPSA) is 43.6 Å². The zero-order valence-electron chi connectivity index (χ0n) is 31.9. The second kappa shape index (κ2) is 13.3. The van der Waals surface area contributed by atoms with Crippen LogP contribution in [0.4, 0.5) is 0 Å². The van der Waals surface area contributed by atoms with Crippen molar-refractivity contribution in [2.45, 2.75) is 0 Å². The zero-order chi connectivity index (χ0) is 38.9. The summed E-state index contributed by atoms with van der Waals surface area (Å²) in [7, 11) is 0. The Morgan fingerprint density at radius 2 is 0.966 bits per heavy atom. The second-order valence-corrected chi connectivity index (χ2v) is 15.3. The van der Waals surface area contributed by atoms with Crippen molar-refractivity contribution in [1.82, 2.24) is 19.7 Å². The van der Waals surface area contributed by atoms with Gasteiger partial charge in [0.1, 0.15) is 5.69 Å². The van der Waals surface area contributed by atoms with Gasteiger partial charge in [0.25, 0.3) is 0 Å². The number of pyridine rings is 2. The molecular formula is C55H34N4. The maximum absolute atomic E-state index is 5.33. The van der Waals surface area contributed by atoms with E-state index >= 15 is 0 Å². The summed E-state index contributed by atoms with van der Waals surface area (Å²) in [6.45, 7) is 0. The van der Waals surface area contributed by atoms with Crippen LogP contribution in [-0.4, -0.2) is 19.7 Å². The minimum atomic E-state index is 0.932. The molecule has 9 aromatic carbocycles. The van der Waals surface area contributed by atoms with Crippen LogP contribution in [-0.2, 0) is 0 Å². The van der Waals surface area contributed by atoms with Gasteiger partial charge in [-0.25, -0.2) is 9.67 Å². The number of rotatable bonds is 5. The molecule has 0 N–H and O–H groups in total. The maximum atomic E-state index is 5.33. The minimum absolute atomic E-state index is 0.932. The number of para-hydroxylation sites is 1. The van der Waals surface area contributed by atoms with E-state index in [0.29, 0.717) is 0 Å². The van der Waals surface area contributed by atoms with Gasteiger partial charge in [-0.15, -0.1) is 0 Å². The highest BCUT2D eigenvalue weighted by Gasteiger charge is 2.21. The molecule has 12 aromatic rings. The first-order chi connectivity index (χ1) is 29.2. The highest BCUT2D eigenvalue weighted by atomic mass is 15.3. The molecule has 0 radical (unpaired) electrons. The molecule has 0 unspecified atom stereocenters. The van der Waals surface area contributed by atoms with E-state index in [1.807, 2.05) is 12.3 Å². The molecule has 0 saturated carbocycles. The summed E-state index contributed by atoms with van der Waals surface area (Å²) in [5.41, 5.74) is 12.8. The van der Waals surface area contributed by atoms with E-state index in [0.717, 1.165) is 66.5 Å². The van der Waals surface area contributed by atoms with Crippen LogP contribution >= 0.6 is 0 Å². The van der Waals surface area contributed by atoms with Crippen molar-refractivity contribution < 1.29 is 0 Å². The lowest BCUT2D eigenvalue weighted by atomic mass is 9.92. The van der Waals surface area contributed by atoms with Gasteiger partial charge in [-0.2, -0.15) is 5.10 Å². The molecule has 4 heteroatoms. The summed E-state index contributed by atoms with van der Waals surface area (Å²) in [4.78, 5) is 9.76. The predicted octanol–water partition coefficient (Wildman–Crippen LogP) is 14.2. The lowest BCUT2D eigenvalue weighted by Crippen LogP contribution is -1.96. The lowest BCUT2D eigenvalue weighted by molar-refractivity contribution is 0.918. The molecule has 0 amide bonds. The zero-order valence-corrected chi connectivity index (χ0v) is 31.9. The SMILES string of the molecule is c1ccc(-c2nn(-c3ccccc3)c3c2c(-c2ccc(-c4ccc5c(ccc6cc(-c7ccc8ccc9cccnc9c8n7)ccc65)c4)cc2)cc2ccccc23)cc1. The van der Waals surface area contributed by atoms with E-state index in [1.165, 1.54) is 49.0 Å². The Kier molecular flexibility index (Phi) is 7.50. The number of benzene rings is 9. The summed E-state index contributed by atoms with van der Waals surface area (Å²) in [6, 6.07) is 71.6. The third kappa shape index (κ3) is 5.49. The standard InChI is InChI=1S/C55H34N4/c1-3-10-37(11-4-1)52-51-49(34-41-12-7-8-16-48(41)55(51)59(58-52)45-14-5-2-6-15-45)36-19-17-35(18-20-36)40-25-28-46-42(32-40)23-24-43-33-44(26-29-47(43)46)50-30-27-39-22-21-38-13-9-31-56-53(38)54(39)57-50/h1-34H. The molecule has 0 bridgehead atoms. The largest absolute Gasteiger partial charge is 0.254 e. The molecule has 4 nitrogen and oxygen atoms in total. The molecule has 0 fully saturated rings. The predicted molar refractivity (Wildman–Crippen MR) is 246 cm³/mol. The van der Waals surface area contributed by atoms with Gasteiger partial charge in [0, 0.05) is 38.9 Å². The van der Waals surface area contributed by atoms with Crippen LogP contribution < -0.4 is 0 Å². The van der Waals surface area contributed by atoms with E-state index in [9.17, 15) is 0 Å². The van der Waals surface area contributed by atoms with Gasteiger partial charge in [0.15, 0.2) is 0 Å². The summed E-state index contributed by atoms with van der Waals surface area (Å²) in [5, 5.41) is 15.9. The summed E-state index contributed by atoms with van der Waals surface area (Å²) in [6.07, 6.45) is 1.84. The van der Waals surface area contributed by atoms with Crippen molar-refractivity contribution in [3.05, 3.63) is 206 Å². The van der Waals surface area contributed by atoms with E-state index in [2.05, 4.69) is 204 Å². The molecule has 0 atom stereocenters. The fraction of sp³-hybridized carbons (Fsp3) is 0. The highest BCUT2D eigenvalue weighted by molar-refractivity contribution is 6.17. The summed E-state index contributed by atoms with van der Waals surface area (Å²) >= 11 is 0. The van der Waals surface area contributed by atoms with Crippen LogP contribution in [0.3, 0.4) is 0 Å². The Morgan fingerprint density at radius 1 is 0.373 bits per heavy atom. The van der Waals surface area contributed by atoms with Gasteiger partial charge in [-0.1, -0.05) is 158 Å². The Hall–Kier alpha value is -7.95. The van der Waals surface area contributed by atoms with Crippen molar-refractivity contribution in [3.8, 4) is 50.5 Å². The quantitative estimate of drug-likeness (QED) is 0.165. The first-order valence-corrected chi connectivity index (χ1v) is 20.0. The van der Waals surface area contributed by atoms with E-state index < -0.39 is 0 Å². The number of aromatic nitrogens is 4. The fourth-order valence-electron chi connectivity index (χ4n) is 8.91. The van der Waals surface area contributed by atoms with Gasteiger partial charge in [-0.05, 0) is 91.6 Å². The fourth-order valence-corrected chi connectivity index (χ4v) is 8.91. The van der Waals surface area contributed by atoms with Crippen LogP contribution in [0.15, 0.2) is 206 Å². The van der Waals surface area contributed by atoms with E-state index in [4.69, 9.17) is 10.1 Å². The van der Waals surface area contributed by atoms with Gasteiger partial charge >= 0.3 is 0 Å². The van der Waals surface area contributed by atoms with Crippen LogP contribution in [0.5, 0.6) is 0 Å². The average Bonchev–Trinajstić information content (AvgIpc) is 3.72. The molecule has 3 heterocycles. The molecule has 0 aliphatic heterocycles. The number of hydrogen-bond donors (Lipinski definition) is 0. The summed E-state index contributed by atoms with van der Waals surface area (Å²) < 4.78 is 2.12. The first-order valence-electron chi connectivity index (χ1n) is 20.0. The molecular weight excluding hydrogens is 717 g/mol. The monoisotopic (exact) mass is 750 g/mol. The van der Waals surface area contributed by atoms with Crippen molar-refractivity contribution in [2.24, 2.45) is 0 Å². The van der Waals surface area contributed by atoms with Crippen LogP contribution in [0.25, 0.3) is 115 Å². The first kappa shape index (κ1) is 33.2. The van der Waals surface area contributed by atoms with Crippen LogP contribution in [0.2, 0.25) is 0 Å². The third-order valence-electron chi connectivity index (χ3n) is 11.8. The Morgan fingerprint density at radius 3 is 1.76 bits per heavy atom. The van der Waals surface area contributed by atoms with Crippen LogP contribution in [0, 0.1) is 0 Å². The van der Waals surface area contributed by atoms with E-state index in [1.54, 1.807) is 0 Å². The molecule has 59 heavy (non-hydrogen) atoms. The minimum Gasteiger partial charge on any atom is -0.254 e. The van der Waals surface area contributed by atoms with Crippen molar-refractivity contribution in [2.75, 3.05) is 0 Å². The van der Waals surface area contributed by atoms with Gasteiger partial charge in [-0.3, -0.25) is 4.98 Å². The normalized spacial score (nSPS) is 11.7.